The van der Waals surface area contributed by atoms with Crippen LogP contribution in [0.2, 0.25) is 5.02 Å². The molecule has 0 aliphatic rings. The predicted molar refractivity (Wildman–Crippen MR) is 61.8 cm³/mol. The van der Waals surface area contributed by atoms with Crippen molar-refractivity contribution in [2.45, 2.75) is 20.8 Å². The third kappa shape index (κ3) is 2.72. The van der Waals surface area contributed by atoms with E-state index in [4.69, 9.17) is 16.3 Å². The first-order chi connectivity index (χ1) is 6.86. The van der Waals surface area contributed by atoms with Crippen LogP contribution in [-0.2, 0) is 0 Å². The van der Waals surface area contributed by atoms with Gasteiger partial charge in [0.1, 0.15) is 5.75 Å². The first-order valence-electron chi connectivity index (χ1n) is 4.74. The van der Waals surface area contributed by atoms with Crippen LogP contribution in [0.25, 0.3) is 0 Å². The van der Waals surface area contributed by atoms with Crippen molar-refractivity contribution in [2.75, 3.05) is 7.11 Å². The fraction of sp³-hybridized carbons (Fsp3) is 0.417. The van der Waals surface area contributed by atoms with Gasteiger partial charge in [0.05, 0.1) is 12.1 Å². The van der Waals surface area contributed by atoms with E-state index < -0.39 is 5.41 Å². The Morgan fingerprint density at radius 2 is 1.93 bits per heavy atom. The highest BCUT2D eigenvalue weighted by molar-refractivity contribution is 6.34. The lowest BCUT2D eigenvalue weighted by Gasteiger charge is -2.17. The number of ether oxygens (including phenoxy) is 1. The van der Waals surface area contributed by atoms with Gasteiger partial charge in [-0.2, -0.15) is 0 Å². The van der Waals surface area contributed by atoms with Crippen molar-refractivity contribution in [2.24, 2.45) is 5.41 Å². The summed E-state index contributed by atoms with van der Waals surface area (Å²) in [6.07, 6.45) is 0. The number of rotatable bonds is 2. The van der Waals surface area contributed by atoms with E-state index in [1.165, 1.54) is 0 Å². The number of carbonyl (C=O) groups excluding carboxylic acids is 1. The molecule has 2 nitrogen and oxygen atoms in total. The van der Waals surface area contributed by atoms with Crippen molar-refractivity contribution in [1.29, 1.82) is 0 Å². The van der Waals surface area contributed by atoms with Gasteiger partial charge >= 0.3 is 0 Å². The normalized spacial score (nSPS) is 11.3. The van der Waals surface area contributed by atoms with Crippen LogP contribution in [-0.4, -0.2) is 12.9 Å². The van der Waals surface area contributed by atoms with Gasteiger partial charge in [-0.05, 0) is 18.2 Å². The zero-order valence-electron chi connectivity index (χ0n) is 9.43. The molecule has 0 radical (unpaired) electrons. The molecular formula is C12H15ClO2. The molecule has 1 aromatic rings. The van der Waals surface area contributed by atoms with Crippen molar-refractivity contribution in [3.8, 4) is 5.75 Å². The van der Waals surface area contributed by atoms with E-state index in [1.54, 1.807) is 25.3 Å². The van der Waals surface area contributed by atoms with E-state index in [0.717, 1.165) is 0 Å². The highest BCUT2D eigenvalue weighted by Gasteiger charge is 2.24. The topological polar surface area (TPSA) is 26.3 Å². The maximum absolute atomic E-state index is 12.0. The molecule has 0 aromatic heterocycles. The first-order valence-corrected chi connectivity index (χ1v) is 5.12. The highest BCUT2D eigenvalue weighted by atomic mass is 35.5. The fourth-order valence-corrected chi connectivity index (χ4v) is 1.47. The maximum Gasteiger partial charge on any atom is 0.169 e. The molecule has 82 valence electrons. The van der Waals surface area contributed by atoms with Crippen molar-refractivity contribution in [3.63, 3.8) is 0 Å². The molecule has 0 amide bonds. The Balaban J connectivity index is 3.12. The minimum absolute atomic E-state index is 0.0372. The minimum Gasteiger partial charge on any atom is -0.497 e. The van der Waals surface area contributed by atoms with E-state index in [9.17, 15) is 4.79 Å². The first kappa shape index (κ1) is 12.1. The smallest absolute Gasteiger partial charge is 0.169 e. The molecule has 0 aliphatic heterocycles. The van der Waals surface area contributed by atoms with E-state index in [1.807, 2.05) is 20.8 Å². The third-order valence-corrected chi connectivity index (χ3v) is 2.41. The van der Waals surface area contributed by atoms with Gasteiger partial charge in [-0.25, -0.2) is 0 Å². The molecule has 0 N–H and O–H groups in total. The molecule has 0 unspecified atom stereocenters. The Bertz CT molecular complexity index is 378. The number of Topliss-reactive ketones (excluding diaryl/α,β-unsaturated/α-hetero) is 1. The molecule has 3 heteroatoms. The molecule has 0 heterocycles. The van der Waals surface area contributed by atoms with Crippen molar-refractivity contribution < 1.29 is 9.53 Å². The van der Waals surface area contributed by atoms with Crippen LogP contribution in [0.3, 0.4) is 0 Å². The van der Waals surface area contributed by atoms with Gasteiger partial charge in [-0.3, -0.25) is 4.79 Å². The summed E-state index contributed by atoms with van der Waals surface area (Å²) in [5, 5.41) is 0.439. The van der Waals surface area contributed by atoms with E-state index >= 15 is 0 Å². The molecule has 0 saturated carbocycles. The van der Waals surface area contributed by atoms with Crippen LogP contribution >= 0.6 is 11.6 Å². The largest absolute Gasteiger partial charge is 0.497 e. The number of hydrogen-bond donors (Lipinski definition) is 0. The molecule has 0 saturated heterocycles. The summed E-state index contributed by atoms with van der Waals surface area (Å²) in [4.78, 5) is 12.0. The van der Waals surface area contributed by atoms with Crippen molar-refractivity contribution in [3.05, 3.63) is 28.8 Å². The van der Waals surface area contributed by atoms with Crippen LogP contribution in [0.15, 0.2) is 18.2 Å². The van der Waals surface area contributed by atoms with Crippen LogP contribution in [0.4, 0.5) is 0 Å². The molecule has 0 fully saturated rings. The number of ketones is 1. The lowest BCUT2D eigenvalue weighted by Crippen LogP contribution is -2.20. The Labute approximate surface area is 95.2 Å². The number of halogens is 1. The molecule has 0 bridgehead atoms. The summed E-state index contributed by atoms with van der Waals surface area (Å²) < 4.78 is 5.02. The molecule has 0 spiro atoms. The highest BCUT2D eigenvalue weighted by Crippen LogP contribution is 2.28. The van der Waals surface area contributed by atoms with Crippen molar-refractivity contribution >= 4 is 17.4 Å². The summed E-state index contributed by atoms with van der Waals surface area (Å²) in [7, 11) is 1.57. The monoisotopic (exact) mass is 226 g/mol. The lowest BCUT2D eigenvalue weighted by molar-refractivity contribution is 0.0858. The van der Waals surface area contributed by atoms with Gasteiger partial charge in [0, 0.05) is 11.0 Å². The number of carbonyl (C=O) groups is 1. The number of methoxy groups -OCH3 is 1. The predicted octanol–water partition coefficient (Wildman–Crippen LogP) is 3.58. The van der Waals surface area contributed by atoms with Crippen LogP contribution in [0.1, 0.15) is 31.1 Å². The zero-order valence-corrected chi connectivity index (χ0v) is 10.2. The fourth-order valence-electron chi connectivity index (χ4n) is 1.21. The third-order valence-electron chi connectivity index (χ3n) is 2.10. The molecule has 0 atom stereocenters. The molecular weight excluding hydrogens is 212 g/mol. The van der Waals surface area contributed by atoms with Gasteiger partial charge in [0.25, 0.3) is 0 Å². The molecule has 0 aliphatic carbocycles. The molecule has 1 aromatic carbocycles. The Morgan fingerprint density at radius 1 is 1.33 bits per heavy atom. The summed E-state index contributed by atoms with van der Waals surface area (Å²) in [6.45, 7) is 5.61. The average Bonchev–Trinajstić information content (AvgIpc) is 2.15. The van der Waals surface area contributed by atoms with E-state index in [-0.39, 0.29) is 5.78 Å². The van der Waals surface area contributed by atoms with Crippen LogP contribution in [0.5, 0.6) is 5.75 Å². The minimum atomic E-state index is -0.418. The van der Waals surface area contributed by atoms with Crippen molar-refractivity contribution in [1.82, 2.24) is 0 Å². The summed E-state index contributed by atoms with van der Waals surface area (Å²) in [6, 6.07) is 5.10. The van der Waals surface area contributed by atoms with Gasteiger partial charge in [0.15, 0.2) is 5.78 Å². The van der Waals surface area contributed by atoms with Gasteiger partial charge < -0.3 is 4.74 Å². The van der Waals surface area contributed by atoms with Crippen LogP contribution in [0, 0.1) is 5.41 Å². The van der Waals surface area contributed by atoms with Gasteiger partial charge in [-0.15, -0.1) is 0 Å². The Kier molecular flexibility index (Phi) is 3.40. The van der Waals surface area contributed by atoms with Gasteiger partial charge in [-0.1, -0.05) is 32.4 Å². The van der Waals surface area contributed by atoms with E-state index in [2.05, 4.69) is 0 Å². The summed E-state index contributed by atoms with van der Waals surface area (Å²) in [5.41, 5.74) is 0.128. The second kappa shape index (κ2) is 4.23. The zero-order chi connectivity index (χ0) is 11.6. The number of benzene rings is 1. The quantitative estimate of drug-likeness (QED) is 0.721. The molecule has 15 heavy (non-hydrogen) atoms. The second-order valence-corrected chi connectivity index (χ2v) is 4.83. The Morgan fingerprint density at radius 3 is 2.33 bits per heavy atom. The standard InChI is InChI=1S/C12H15ClO2/c1-12(2,3)11(14)9-6-5-8(15-4)7-10(9)13/h5-7H,1-4H3. The van der Waals surface area contributed by atoms with E-state index in [0.29, 0.717) is 16.3 Å². The second-order valence-electron chi connectivity index (χ2n) is 4.42. The van der Waals surface area contributed by atoms with Gasteiger partial charge in [0.2, 0.25) is 0 Å². The summed E-state index contributed by atoms with van der Waals surface area (Å²) in [5.74, 6) is 0.695. The lowest BCUT2D eigenvalue weighted by atomic mass is 9.86. The SMILES string of the molecule is COc1ccc(C(=O)C(C)(C)C)c(Cl)c1. The number of hydrogen-bond acceptors (Lipinski definition) is 2. The van der Waals surface area contributed by atoms with Crippen LogP contribution < -0.4 is 4.74 Å². The summed E-state index contributed by atoms with van der Waals surface area (Å²) >= 11 is 6.01. The maximum atomic E-state index is 12.0. The average molecular weight is 227 g/mol. The Hall–Kier alpha value is -1.02. The molecule has 1 rings (SSSR count).